The van der Waals surface area contributed by atoms with E-state index >= 15 is 0 Å². The lowest BCUT2D eigenvalue weighted by Crippen LogP contribution is -2.02. The molecule has 20 rings (SSSR count). The Hall–Kier alpha value is -20.6. The van der Waals surface area contributed by atoms with Gasteiger partial charge in [-0.25, -0.2) is 70.4 Å². The van der Waals surface area contributed by atoms with Crippen LogP contribution >= 0.6 is 0 Å². The van der Waals surface area contributed by atoms with Crippen LogP contribution in [0.3, 0.4) is 0 Å². The number of aromatic hydroxyl groups is 4. The second-order valence-electron chi connectivity index (χ2n) is 33.0. The van der Waals surface area contributed by atoms with Gasteiger partial charge >= 0.3 is 0 Å². The summed E-state index contributed by atoms with van der Waals surface area (Å²) in [5.74, 6) is 1.01. The topological polar surface area (TPSA) is 433 Å². The fraction of sp³-hybridized carbons (Fsp3) is 0.0442. The normalized spacial score (nSPS) is 11.0. The summed E-state index contributed by atoms with van der Waals surface area (Å²) in [5, 5.41) is 68.7. The van der Waals surface area contributed by atoms with Crippen LogP contribution in [0, 0.1) is 46.3 Å². The molecule has 0 saturated heterocycles. The minimum atomic E-state index is -0.541. The van der Waals surface area contributed by atoms with Gasteiger partial charge in [0.1, 0.15) is 34.4 Å². The van der Waals surface area contributed by atoms with Crippen LogP contribution in [-0.4, -0.2) is 125 Å². The molecule has 0 atom stereocenters. The van der Waals surface area contributed by atoms with Crippen LogP contribution in [0.2, 0.25) is 0 Å². The van der Waals surface area contributed by atoms with Crippen LogP contribution in [0.15, 0.2) is 392 Å². The molecule has 0 spiro atoms. The first-order chi connectivity index (χ1) is 71.7. The van der Waals surface area contributed by atoms with Crippen molar-refractivity contribution in [2.24, 2.45) is 20.4 Å². The second kappa shape index (κ2) is 47.9. The molecular weight excluding hydrogens is 1850 g/mol. The van der Waals surface area contributed by atoms with Crippen LogP contribution in [0.5, 0.6) is 23.0 Å². The van der Waals surface area contributed by atoms with Gasteiger partial charge in [-0.2, -0.15) is 20.4 Å². The summed E-state index contributed by atoms with van der Waals surface area (Å²) >= 11 is 0. The van der Waals surface area contributed by atoms with Crippen molar-refractivity contribution in [1.29, 1.82) is 0 Å². The van der Waals surface area contributed by atoms with E-state index in [2.05, 4.69) is 143 Å². The summed E-state index contributed by atoms with van der Waals surface area (Å²) < 4.78 is 28.5. The average Bonchev–Trinajstić information content (AvgIpc) is 0.787. The third-order valence-electron chi connectivity index (χ3n) is 21.7. The lowest BCUT2D eigenvalue weighted by atomic mass is 10.1. The van der Waals surface area contributed by atoms with E-state index in [9.17, 15) is 29.2 Å². The van der Waals surface area contributed by atoms with E-state index in [0.717, 1.165) is 147 Å². The van der Waals surface area contributed by atoms with Crippen molar-refractivity contribution in [1.82, 2.24) is 79.7 Å². The predicted octanol–water partition coefficient (Wildman–Crippen LogP) is 23.8. The zero-order chi connectivity index (χ0) is 102. The van der Waals surface area contributed by atoms with Crippen molar-refractivity contribution >= 4 is 94.2 Å². The number of nitrogens with one attached hydrogen (secondary N) is 8. The van der Waals surface area contributed by atoms with Gasteiger partial charge in [-0.05, 0) is 284 Å². The van der Waals surface area contributed by atoms with E-state index in [1.165, 1.54) is 12.4 Å². The van der Waals surface area contributed by atoms with Crippen LogP contribution in [-0.2, 0) is 0 Å². The standard InChI is InChI=1S/C29H25N7O.2C28H22FN7O.C28H23N7O/c1-19-12-23(16-30-15-19)28-13-20(2)33-29(35-28)36-32-18-25-10-11-26(17-31-25)34-24-8-6-21(7-9-24)22-4-3-5-27(37)14-22;1-18-25(6-3-13-30-18)27-26(29)17-32-28(35-27)36-33-16-22-11-12-23(15-31-22)34-21-9-7-19(8-10-21)20-4-2-5-24(37)14-20;1-18-11-21(14-30-13-18)27-26(29)17-32-28(35-27)36-33-16-23-9-10-24(15-31-23)34-22-7-5-19(6-8-22)20-3-2-4-25(37)12-20;1-19-14-27(22-5-3-13-29-16-22)34-28(32-19)35-31-18-24-11-12-25(17-30-24)33-23-9-7-20(8-10-23)21-4-2-6-26(36)15-21/h3-18,34,37H,1-2H3,(H,33,35,36);2*2-17,34,37H,1H3,(H,32,35,36);2-18,33,36H,1H3,(H,32,34,35)/b32-18+;2*33-16+;31-18+. The molecule has 0 aliphatic heterocycles. The van der Waals surface area contributed by atoms with Crippen molar-refractivity contribution in [3.63, 3.8) is 0 Å². The molecule has 12 aromatic heterocycles. The Kier molecular flexibility index (Phi) is 31.9. The molecule has 147 heavy (non-hydrogen) atoms. The van der Waals surface area contributed by atoms with Gasteiger partial charge in [-0.1, -0.05) is 97.1 Å². The highest BCUT2D eigenvalue weighted by Crippen LogP contribution is 2.34. The molecule has 0 amide bonds. The third-order valence-corrected chi connectivity index (χ3v) is 21.7. The van der Waals surface area contributed by atoms with Gasteiger partial charge in [0.15, 0.2) is 11.6 Å². The molecule has 0 aliphatic carbocycles. The molecular formula is C113H92F2N28O4. The fourth-order valence-corrected chi connectivity index (χ4v) is 14.6. The van der Waals surface area contributed by atoms with Crippen molar-refractivity contribution < 1.29 is 29.2 Å². The van der Waals surface area contributed by atoms with E-state index in [1.54, 1.807) is 148 Å². The summed E-state index contributed by atoms with van der Waals surface area (Å²) in [6, 6.07) is 90.3. The van der Waals surface area contributed by atoms with Gasteiger partial charge < -0.3 is 41.7 Å². The van der Waals surface area contributed by atoms with Crippen molar-refractivity contribution in [3.8, 4) is 113 Å². The lowest BCUT2D eigenvalue weighted by molar-refractivity contribution is 0.475. The molecule has 722 valence electrons. The first kappa shape index (κ1) is 98.0. The minimum absolute atomic E-state index is 0.146. The number of benzene rings is 8. The molecule has 0 aliphatic rings. The largest absolute Gasteiger partial charge is 0.508 e. The number of nitrogens with zero attached hydrogens (tertiary/aromatic N) is 20. The van der Waals surface area contributed by atoms with Crippen LogP contribution in [0.1, 0.15) is 51.0 Å². The fourth-order valence-electron chi connectivity index (χ4n) is 14.6. The first-order valence-corrected chi connectivity index (χ1v) is 45.8. The summed E-state index contributed by atoms with van der Waals surface area (Å²) in [7, 11) is 0. The predicted molar refractivity (Wildman–Crippen MR) is 574 cm³/mol. The van der Waals surface area contributed by atoms with E-state index < -0.39 is 11.6 Å². The summed E-state index contributed by atoms with van der Waals surface area (Å²) in [6.07, 6.45) is 27.3. The molecule has 12 N–H and O–H groups in total. The maximum absolute atomic E-state index is 14.3. The zero-order valence-corrected chi connectivity index (χ0v) is 79.5. The van der Waals surface area contributed by atoms with Crippen molar-refractivity contribution in [3.05, 3.63) is 434 Å². The highest BCUT2D eigenvalue weighted by Gasteiger charge is 2.17. The number of pyridine rings is 8. The number of hydrazone groups is 4. The van der Waals surface area contributed by atoms with Gasteiger partial charge in [0.2, 0.25) is 23.8 Å². The Balaban J connectivity index is 0.000000134. The van der Waals surface area contributed by atoms with Crippen LogP contribution in [0.25, 0.3) is 89.5 Å². The van der Waals surface area contributed by atoms with Crippen LogP contribution < -0.4 is 43.0 Å². The zero-order valence-electron chi connectivity index (χ0n) is 79.5. The molecule has 0 unspecified atom stereocenters. The number of hydrogen-bond donors (Lipinski definition) is 12. The Morgan fingerprint density at radius 3 is 0.918 bits per heavy atom. The van der Waals surface area contributed by atoms with Gasteiger partial charge in [0, 0.05) is 105 Å². The quantitative estimate of drug-likeness (QED) is 0.0160. The Morgan fingerprint density at radius 2 is 0.571 bits per heavy atom. The number of hydrogen-bond acceptors (Lipinski definition) is 32. The van der Waals surface area contributed by atoms with Gasteiger partial charge in [0.05, 0.1) is 119 Å². The first-order valence-electron chi connectivity index (χ1n) is 45.8. The molecule has 0 bridgehead atoms. The maximum atomic E-state index is 14.3. The maximum Gasteiger partial charge on any atom is 0.244 e. The van der Waals surface area contributed by atoms with Gasteiger partial charge in [-0.15, -0.1) is 0 Å². The average molecular weight is 1940 g/mol. The van der Waals surface area contributed by atoms with E-state index in [1.807, 2.05) is 258 Å². The van der Waals surface area contributed by atoms with Crippen molar-refractivity contribution in [2.45, 2.75) is 34.6 Å². The molecule has 32 nitrogen and oxygen atoms in total. The summed E-state index contributed by atoms with van der Waals surface area (Å²) in [4.78, 5) is 68.5. The monoisotopic (exact) mass is 1940 g/mol. The highest BCUT2D eigenvalue weighted by atomic mass is 19.1. The Morgan fingerprint density at radius 1 is 0.245 bits per heavy atom. The third kappa shape index (κ3) is 28.2. The molecule has 20 aromatic rings. The summed E-state index contributed by atoms with van der Waals surface area (Å²) in [5.41, 5.74) is 37.8. The SMILES string of the molecule is Cc1cc(-c2cccnc2)nc(N/N=C/c2ccc(Nc3ccc(-c4cccc(O)c4)cc3)cn2)n1.Cc1cncc(-c2cc(C)nc(N/N=C/c3ccc(Nc4ccc(-c5cccc(O)c5)cc4)cn3)n2)c1.Cc1cncc(-c2nc(N/N=C/c3ccc(Nc4ccc(-c5cccc(O)c5)cc4)cn3)ncc2F)c1.Cc1ncccc1-c1nc(N/N=C/c2ccc(Nc3ccc(-c4cccc(O)c4)cc3)cn2)ncc1F. The van der Waals surface area contributed by atoms with E-state index in [-0.39, 0.29) is 46.3 Å². The number of aromatic nitrogens is 16. The number of anilines is 12. The smallest absolute Gasteiger partial charge is 0.244 e. The van der Waals surface area contributed by atoms with E-state index in [4.69, 9.17) is 0 Å². The molecule has 12 heterocycles. The number of phenols is 4. The molecule has 8 aromatic carbocycles. The van der Waals surface area contributed by atoms with Gasteiger partial charge in [-0.3, -0.25) is 39.9 Å². The Bertz CT molecular complexity index is 8030. The molecule has 34 heteroatoms. The molecule has 0 fully saturated rings. The Labute approximate surface area is 843 Å². The minimum Gasteiger partial charge on any atom is -0.508 e. The van der Waals surface area contributed by atoms with Crippen molar-refractivity contribution in [2.75, 3.05) is 43.0 Å². The number of aryl methyl sites for hydroxylation is 5. The number of phenolic OH excluding ortho intramolecular Hbond substituents is 4. The highest BCUT2D eigenvalue weighted by molar-refractivity contribution is 5.83. The van der Waals surface area contributed by atoms with Gasteiger partial charge in [0.25, 0.3) is 0 Å². The van der Waals surface area contributed by atoms with E-state index in [0.29, 0.717) is 51.5 Å². The summed E-state index contributed by atoms with van der Waals surface area (Å²) in [6.45, 7) is 9.48. The second-order valence-corrected chi connectivity index (χ2v) is 33.0. The molecule has 0 saturated carbocycles. The van der Waals surface area contributed by atoms with Crippen LogP contribution in [0.4, 0.5) is 78.1 Å². The number of halogens is 2. The molecule has 0 radical (unpaired) electrons. The number of rotatable bonds is 28. The lowest BCUT2D eigenvalue weighted by Gasteiger charge is -2.08.